The lowest BCUT2D eigenvalue weighted by Gasteiger charge is -2.39. The second kappa shape index (κ2) is 8.90. The van der Waals surface area contributed by atoms with Crippen LogP contribution in [0.4, 0.5) is 16.2 Å². The van der Waals surface area contributed by atoms with E-state index in [1.165, 1.54) is 11.8 Å². The first-order valence-electron chi connectivity index (χ1n) is 11.3. The van der Waals surface area contributed by atoms with E-state index in [9.17, 15) is 9.59 Å². The van der Waals surface area contributed by atoms with E-state index in [1.807, 2.05) is 30.3 Å². The lowest BCUT2D eigenvalue weighted by atomic mass is 10.1. The van der Waals surface area contributed by atoms with Crippen molar-refractivity contribution in [1.29, 1.82) is 0 Å². The predicted octanol–water partition coefficient (Wildman–Crippen LogP) is 2.77. The molecule has 2 saturated heterocycles. The number of anilines is 2. The smallest absolute Gasteiger partial charge is 0.414 e. The van der Waals surface area contributed by atoms with Gasteiger partial charge in [0.05, 0.1) is 30.6 Å². The van der Waals surface area contributed by atoms with Crippen molar-refractivity contribution in [2.24, 2.45) is 0 Å². The zero-order valence-corrected chi connectivity index (χ0v) is 19.8. The van der Waals surface area contributed by atoms with Gasteiger partial charge in [-0.1, -0.05) is 0 Å². The number of nitrogens with one attached hydrogen (secondary N) is 1. The van der Waals surface area contributed by atoms with E-state index in [0.717, 1.165) is 34.9 Å². The molecule has 1 atom stereocenters. The summed E-state index contributed by atoms with van der Waals surface area (Å²) in [5.41, 5.74) is 2.87. The Labute approximate surface area is 205 Å². The topological polar surface area (TPSA) is 106 Å². The third-order valence-corrected chi connectivity index (χ3v) is 7.26. The fraction of sp³-hybridized carbons (Fsp3) is 0.333. The number of ether oxygens (including phenoxy) is 3. The number of fused-ring (bicyclic) bond motifs is 2. The van der Waals surface area contributed by atoms with Gasteiger partial charge in [0.2, 0.25) is 11.8 Å². The minimum Gasteiger partial charge on any atom is -0.485 e. The molecule has 2 aromatic heterocycles. The summed E-state index contributed by atoms with van der Waals surface area (Å²) < 4.78 is 17.0. The van der Waals surface area contributed by atoms with E-state index in [1.54, 1.807) is 24.3 Å². The molecular weight excluding hydrogens is 470 g/mol. The maximum Gasteiger partial charge on any atom is 0.414 e. The molecule has 0 radical (unpaired) electrons. The number of likely N-dealkylation sites (tertiary alicyclic amines) is 1. The van der Waals surface area contributed by atoms with Crippen molar-refractivity contribution in [2.45, 2.75) is 17.1 Å². The van der Waals surface area contributed by atoms with E-state index in [2.05, 4.69) is 20.2 Å². The number of aromatic nitrogens is 2. The molecule has 35 heavy (non-hydrogen) atoms. The molecule has 0 spiro atoms. The molecule has 5 heterocycles. The van der Waals surface area contributed by atoms with Gasteiger partial charge in [-0.3, -0.25) is 19.6 Å². The monoisotopic (exact) mass is 493 g/mol. The van der Waals surface area contributed by atoms with Crippen LogP contribution >= 0.6 is 11.8 Å². The summed E-state index contributed by atoms with van der Waals surface area (Å²) in [6.07, 6.45) is 1.11. The second-order valence-electron chi connectivity index (χ2n) is 8.62. The van der Waals surface area contributed by atoms with Gasteiger partial charge in [0.1, 0.15) is 23.5 Å². The van der Waals surface area contributed by atoms with Crippen LogP contribution in [0.25, 0.3) is 11.0 Å². The van der Waals surface area contributed by atoms with Gasteiger partial charge in [-0.25, -0.2) is 9.78 Å². The molecular formula is C24H23N5O5S. The molecule has 1 aromatic carbocycles. The molecule has 0 saturated carbocycles. The Balaban J connectivity index is 1.05. The molecule has 6 rings (SSSR count). The lowest BCUT2D eigenvalue weighted by Crippen LogP contribution is -2.56. The normalized spacial score (nSPS) is 20.3. The van der Waals surface area contributed by atoms with E-state index in [-0.39, 0.29) is 24.2 Å². The minimum absolute atomic E-state index is 0.0172. The number of methoxy groups -OCH3 is 1. The van der Waals surface area contributed by atoms with Crippen molar-refractivity contribution < 1.29 is 23.8 Å². The fourth-order valence-corrected chi connectivity index (χ4v) is 5.26. The Kier molecular flexibility index (Phi) is 5.57. The number of amides is 2. The van der Waals surface area contributed by atoms with Gasteiger partial charge >= 0.3 is 6.09 Å². The molecule has 3 aliphatic rings. The van der Waals surface area contributed by atoms with Crippen LogP contribution < -0.4 is 19.7 Å². The van der Waals surface area contributed by atoms with Crippen molar-refractivity contribution >= 4 is 46.2 Å². The number of nitrogens with zero attached hydrogens (tertiary/aromatic N) is 4. The number of benzene rings is 1. The molecule has 2 fully saturated rings. The van der Waals surface area contributed by atoms with Gasteiger partial charge in [-0.2, -0.15) is 0 Å². The maximum atomic E-state index is 12.5. The Hall–Kier alpha value is -3.57. The first kappa shape index (κ1) is 21.9. The molecule has 180 valence electrons. The SMILES string of the molecule is COc1ccc2nccc(OC3CN(CC4CN(c5ccc6c(c5)NC(=O)CS6)C(=O)O4)C3)c2n1. The van der Waals surface area contributed by atoms with E-state index in [0.29, 0.717) is 36.0 Å². The van der Waals surface area contributed by atoms with Crippen LogP contribution in [0, 0.1) is 0 Å². The second-order valence-corrected chi connectivity index (χ2v) is 9.64. The summed E-state index contributed by atoms with van der Waals surface area (Å²) in [4.78, 5) is 37.9. The average Bonchev–Trinajstić information content (AvgIpc) is 3.22. The lowest BCUT2D eigenvalue weighted by molar-refractivity contribution is -0.113. The van der Waals surface area contributed by atoms with Gasteiger partial charge in [0.25, 0.3) is 0 Å². The van der Waals surface area contributed by atoms with Crippen LogP contribution in [0.15, 0.2) is 47.5 Å². The Morgan fingerprint density at radius 3 is 2.91 bits per heavy atom. The number of rotatable bonds is 6. The Morgan fingerprint density at radius 2 is 2.06 bits per heavy atom. The third kappa shape index (κ3) is 4.32. The number of carbonyl (C=O) groups excluding carboxylic acids is 2. The summed E-state index contributed by atoms with van der Waals surface area (Å²) in [5, 5.41) is 2.87. The van der Waals surface area contributed by atoms with Gasteiger partial charge in [0.15, 0.2) is 0 Å². The van der Waals surface area contributed by atoms with Crippen LogP contribution in [0.3, 0.4) is 0 Å². The number of cyclic esters (lactones) is 1. The highest BCUT2D eigenvalue weighted by Crippen LogP contribution is 2.35. The average molecular weight is 494 g/mol. The van der Waals surface area contributed by atoms with Gasteiger partial charge < -0.3 is 19.5 Å². The molecule has 1 N–H and O–H groups in total. The molecule has 2 amide bonds. The van der Waals surface area contributed by atoms with Crippen LogP contribution in [0.5, 0.6) is 11.6 Å². The van der Waals surface area contributed by atoms with E-state index < -0.39 is 0 Å². The summed E-state index contributed by atoms with van der Waals surface area (Å²) in [6.45, 7) is 2.54. The minimum atomic E-state index is -0.374. The highest BCUT2D eigenvalue weighted by atomic mass is 32.2. The molecule has 3 aromatic rings. The van der Waals surface area contributed by atoms with Gasteiger partial charge in [-0.05, 0) is 24.3 Å². The van der Waals surface area contributed by atoms with Crippen LogP contribution in [-0.2, 0) is 9.53 Å². The number of pyridine rings is 2. The molecule has 3 aliphatic heterocycles. The van der Waals surface area contributed by atoms with Crippen LogP contribution in [-0.4, -0.2) is 78.1 Å². The largest absolute Gasteiger partial charge is 0.485 e. The van der Waals surface area contributed by atoms with Crippen LogP contribution in [0.2, 0.25) is 0 Å². The molecule has 11 heteroatoms. The highest BCUT2D eigenvalue weighted by molar-refractivity contribution is 8.00. The van der Waals surface area contributed by atoms with Crippen molar-refractivity contribution in [3.63, 3.8) is 0 Å². The molecule has 10 nitrogen and oxygen atoms in total. The maximum absolute atomic E-state index is 12.5. The molecule has 0 aliphatic carbocycles. The van der Waals surface area contributed by atoms with Gasteiger partial charge in [-0.15, -0.1) is 11.8 Å². The number of hydrogen-bond acceptors (Lipinski definition) is 9. The standard InChI is InChI=1S/C24H23N5O5S/c1-32-22-5-3-17-23(27-22)19(6-7-25-17)33-15-9-28(10-15)11-16-12-29(24(31)34-16)14-2-4-20-18(8-14)26-21(30)13-35-20/h2-8,15-16H,9-13H2,1H3,(H,26,30). The van der Waals surface area contributed by atoms with Crippen molar-refractivity contribution in [2.75, 3.05) is 49.3 Å². The molecule has 0 bridgehead atoms. The summed E-state index contributed by atoms with van der Waals surface area (Å²) in [7, 11) is 1.58. The Bertz CT molecular complexity index is 1310. The summed E-state index contributed by atoms with van der Waals surface area (Å²) >= 11 is 1.49. The zero-order chi connectivity index (χ0) is 23.9. The summed E-state index contributed by atoms with van der Waals surface area (Å²) in [5.74, 6) is 1.56. The first-order valence-corrected chi connectivity index (χ1v) is 12.3. The number of hydrogen-bond donors (Lipinski definition) is 1. The highest BCUT2D eigenvalue weighted by Gasteiger charge is 2.37. The number of carbonyl (C=O) groups is 2. The van der Waals surface area contributed by atoms with Crippen molar-refractivity contribution in [1.82, 2.24) is 14.9 Å². The zero-order valence-electron chi connectivity index (χ0n) is 19.0. The number of thioether (sulfide) groups is 1. The van der Waals surface area contributed by atoms with Crippen molar-refractivity contribution in [3.05, 3.63) is 42.6 Å². The quantitative estimate of drug-likeness (QED) is 0.555. The van der Waals surface area contributed by atoms with Gasteiger partial charge in [0, 0.05) is 48.5 Å². The molecule has 1 unspecified atom stereocenters. The Morgan fingerprint density at radius 1 is 1.17 bits per heavy atom. The summed E-state index contributed by atoms with van der Waals surface area (Å²) in [6, 6.07) is 11.1. The third-order valence-electron chi connectivity index (χ3n) is 6.19. The predicted molar refractivity (Wildman–Crippen MR) is 130 cm³/mol. The van der Waals surface area contributed by atoms with E-state index >= 15 is 0 Å². The van der Waals surface area contributed by atoms with Crippen LogP contribution in [0.1, 0.15) is 0 Å². The van der Waals surface area contributed by atoms with Crippen molar-refractivity contribution in [3.8, 4) is 11.6 Å². The van der Waals surface area contributed by atoms with E-state index in [4.69, 9.17) is 14.2 Å². The first-order chi connectivity index (χ1) is 17.1. The fourth-order valence-electron chi connectivity index (χ4n) is 4.47.